The van der Waals surface area contributed by atoms with Crippen LogP contribution in [-0.2, 0) is 0 Å². The Morgan fingerprint density at radius 1 is 1.26 bits per heavy atom. The molecule has 0 saturated heterocycles. The van der Waals surface area contributed by atoms with Crippen LogP contribution in [-0.4, -0.2) is 10.1 Å². The molecule has 1 aromatic carbocycles. The molecule has 2 heterocycles. The number of nitrogens with zero attached hydrogens (tertiary/aromatic N) is 2. The molecule has 19 heavy (non-hydrogen) atoms. The van der Waals surface area contributed by atoms with Gasteiger partial charge in [-0.1, -0.05) is 5.16 Å². The Labute approximate surface area is 120 Å². The summed E-state index contributed by atoms with van der Waals surface area (Å²) in [6.45, 7) is 0. The smallest absolute Gasteiger partial charge is 0.261 e. The third kappa shape index (κ3) is 2.39. The lowest BCUT2D eigenvalue weighted by molar-refractivity contribution is 0.430. The summed E-state index contributed by atoms with van der Waals surface area (Å²) in [4.78, 5) is 5.02. The van der Waals surface area contributed by atoms with Gasteiger partial charge in [0.2, 0.25) is 5.82 Å². The van der Waals surface area contributed by atoms with Crippen molar-refractivity contribution < 1.29 is 8.91 Å². The molecule has 0 radical (unpaired) electrons. The molecule has 0 saturated carbocycles. The topological polar surface area (TPSA) is 64.9 Å². The van der Waals surface area contributed by atoms with Gasteiger partial charge in [0.15, 0.2) is 0 Å². The molecule has 0 aliphatic carbocycles. The van der Waals surface area contributed by atoms with Crippen molar-refractivity contribution in [2.24, 2.45) is 0 Å². The van der Waals surface area contributed by atoms with Crippen LogP contribution in [0, 0.1) is 5.82 Å². The zero-order valence-corrected chi connectivity index (χ0v) is 11.8. The summed E-state index contributed by atoms with van der Waals surface area (Å²) in [5.74, 6) is 0.0913. The number of nitrogen functional groups attached to an aromatic ring is 1. The van der Waals surface area contributed by atoms with Crippen molar-refractivity contribution in [3.8, 4) is 22.2 Å². The highest BCUT2D eigenvalue weighted by Crippen LogP contribution is 2.31. The zero-order valence-electron chi connectivity index (χ0n) is 9.43. The first-order valence-corrected chi connectivity index (χ1v) is 6.89. The number of halogens is 2. The zero-order chi connectivity index (χ0) is 13.4. The second-order valence-corrected chi connectivity index (χ2v) is 6.23. The lowest BCUT2D eigenvalue weighted by atomic mass is 10.2. The number of nitrogens with two attached hydrogens (primary N) is 1. The average molecular weight is 340 g/mol. The molecule has 7 heteroatoms. The van der Waals surface area contributed by atoms with Gasteiger partial charge >= 0.3 is 0 Å². The fraction of sp³-hybridized carbons (Fsp3) is 0. The molecule has 3 aromatic rings. The highest BCUT2D eigenvalue weighted by molar-refractivity contribution is 9.11. The van der Waals surface area contributed by atoms with Crippen molar-refractivity contribution in [2.75, 3.05) is 5.73 Å². The summed E-state index contributed by atoms with van der Waals surface area (Å²) in [5.41, 5.74) is 6.27. The molecule has 2 N–H and O–H groups in total. The van der Waals surface area contributed by atoms with Gasteiger partial charge in [-0.25, -0.2) is 4.39 Å². The molecule has 0 amide bonds. The third-order valence-corrected chi connectivity index (χ3v) is 4.06. The highest BCUT2D eigenvalue weighted by Gasteiger charge is 2.15. The first kappa shape index (κ1) is 12.3. The molecule has 2 aromatic heterocycles. The average Bonchev–Trinajstić information content (AvgIpc) is 3.00. The molecule has 0 atom stereocenters. The highest BCUT2D eigenvalue weighted by atomic mass is 79.9. The maximum Gasteiger partial charge on any atom is 0.261 e. The number of hydrogen-bond donors (Lipinski definition) is 1. The van der Waals surface area contributed by atoms with Crippen LogP contribution in [0.2, 0.25) is 0 Å². The maximum absolute atomic E-state index is 13.7. The number of anilines is 1. The number of thiophene rings is 1. The Hall–Kier alpha value is -1.73. The third-order valence-electron chi connectivity index (χ3n) is 2.44. The van der Waals surface area contributed by atoms with E-state index in [4.69, 9.17) is 10.3 Å². The number of aromatic nitrogens is 2. The lowest BCUT2D eigenvalue weighted by Gasteiger charge is -1.98. The van der Waals surface area contributed by atoms with Crippen molar-refractivity contribution in [3.05, 3.63) is 39.9 Å². The van der Waals surface area contributed by atoms with Gasteiger partial charge in [0.05, 0.1) is 14.2 Å². The van der Waals surface area contributed by atoms with Gasteiger partial charge < -0.3 is 10.3 Å². The fourth-order valence-electron chi connectivity index (χ4n) is 1.57. The largest absolute Gasteiger partial charge is 0.399 e. The molecule has 0 bridgehead atoms. The molecule has 4 nitrogen and oxygen atoms in total. The van der Waals surface area contributed by atoms with E-state index in [1.165, 1.54) is 29.5 Å². The van der Waals surface area contributed by atoms with E-state index in [-0.39, 0.29) is 11.5 Å². The minimum absolute atomic E-state index is 0.115. The van der Waals surface area contributed by atoms with Gasteiger partial charge in [0.1, 0.15) is 5.82 Å². The minimum atomic E-state index is -0.447. The van der Waals surface area contributed by atoms with E-state index in [9.17, 15) is 4.39 Å². The molecule has 0 aliphatic rings. The first-order chi connectivity index (χ1) is 9.13. The molecule has 0 spiro atoms. The Balaban J connectivity index is 2.03. The maximum atomic E-state index is 13.7. The second kappa shape index (κ2) is 4.75. The van der Waals surface area contributed by atoms with Crippen molar-refractivity contribution >= 4 is 33.0 Å². The van der Waals surface area contributed by atoms with E-state index in [1.54, 1.807) is 0 Å². The second-order valence-electron chi connectivity index (χ2n) is 3.77. The van der Waals surface area contributed by atoms with Gasteiger partial charge in [0.25, 0.3) is 5.89 Å². The standard InChI is InChI=1S/C12H7BrFN3OS/c13-10-4-3-9(19-10)11-16-12(18-17-11)7-5-6(15)1-2-8(7)14/h1-5H,15H2. The van der Waals surface area contributed by atoms with E-state index in [0.29, 0.717) is 11.5 Å². The van der Waals surface area contributed by atoms with E-state index in [1.807, 2.05) is 12.1 Å². The van der Waals surface area contributed by atoms with Crippen LogP contribution in [0.3, 0.4) is 0 Å². The van der Waals surface area contributed by atoms with Gasteiger partial charge in [-0.2, -0.15) is 4.98 Å². The summed E-state index contributed by atoms with van der Waals surface area (Å²) >= 11 is 4.83. The molecule has 0 fully saturated rings. The van der Waals surface area contributed by atoms with Crippen LogP contribution in [0.15, 0.2) is 38.6 Å². The number of rotatable bonds is 2. The quantitative estimate of drug-likeness (QED) is 0.718. The molecule has 3 rings (SSSR count). The van der Waals surface area contributed by atoms with Gasteiger partial charge in [0, 0.05) is 5.69 Å². The molecule has 0 unspecified atom stereocenters. The van der Waals surface area contributed by atoms with Crippen molar-refractivity contribution in [3.63, 3.8) is 0 Å². The van der Waals surface area contributed by atoms with Crippen molar-refractivity contribution in [1.82, 2.24) is 10.1 Å². The van der Waals surface area contributed by atoms with Crippen LogP contribution >= 0.6 is 27.3 Å². The summed E-state index contributed by atoms with van der Waals surface area (Å²) in [7, 11) is 0. The van der Waals surface area contributed by atoms with E-state index in [0.717, 1.165) is 8.66 Å². The van der Waals surface area contributed by atoms with Gasteiger partial charge in [-0.3, -0.25) is 0 Å². The van der Waals surface area contributed by atoms with Crippen molar-refractivity contribution in [1.29, 1.82) is 0 Å². The Morgan fingerprint density at radius 3 is 2.84 bits per heavy atom. The Morgan fingerprint density at radius 2 is 2.11 bits per heavy atom. The van der Waals surface area contributed by atoms with E-state index < -0.39 is 5.82 Å². The number of hydrogen-bond acceptors (Lipinski definition) is 5. The van der Waals surface area contributed by atoms with Crippen LogP contribution in [0.4, 0.5) is 10.1 Å². The SMILES string of the molecule is Nc1ccc(F)c(-c2nc(-c3ccc(Br)s3)no2)c1. The number of benzene rings is 1. The lowest BCUT2D eigenvalue weighted by Crippen LogP contribution is -1.89. The first-order valence-electron chi connectivity index (χ1n) is 5.28. The minimum Gasteiger partial charge on any atom is -0.399 e. The van der Waals surface area contributed by atoms with Crippen LogP contribution in [0.25, 0.3) is 22.2 Å². The van der Waals surface area contributed by atoms with Crippen LogP contribution < -0.4 is 5.73 Å². The predicted octanol–water partition coefficient (Wildman–Crippen LogP) is 3.95. The summed E-state index contributed by atoms with van der Waals surface area (Å²) < 4.78 is 19.7. The molecular weight excluding hydrogens is 333 g/mol. The van der Waals surface area contributed by atoms with Crippen molar-refractivity contribution in [2.45, 2.75) is 0 Å². The summed E-state index contributed by atoms with van der Waals surface area (Å²) in [6.07, 6.45) is 0. The van der Waals surface area contributed by atoms with Gasteiger partial charge in [-0.05, 0) is 46.3 Å². The molecule has 96 valence electrons. The van der Waals surface area contributed by atoms with Crippen LogP contribution in [0.1, 0.15) is 0 Å². The Bertz CT molecular complexity index is 740. The fourth-order valence-corrected chi connectivity index (χ4v) is 2.89. The summed E-state index contributed by atoms with van der Waals surface area (Å²) in [5, 5.41) is 3.84. The van der Waals surface area contributed by atoms with E-state index in [2.05, 4.69) is 26.1 Å². The summed E-state index contributed by atoms with van der Waals surface area (Å²) in [6, 6.07) is 7.97. The monoisotopic (exact) mass is 339 g/mol. The van der Waals surface area contributed by atoms with E-state index >= 15 is 0 Å². The predicted molar refractivity (Wildman–Crippen MR) is 75.1 cm³/mol. The van der Waals surface area contributed by atoms with Crippen LogP contribution in [0.5, 0.6) is 0 Å². The van der Waals surface area contributed by atoms with Gasteiger partial charge in [-0.15, -0.1) is 11.3 Å². The normalized spacial score (nSPS) is 10.8. The molecular formula is C12H7BrFN3OS. The Kier molecular flexibility index (Phi) is 3.08. The molecule has 0 aliphatic heterocycles.